The number of hydrogen-bond donors (Lipinski definition) is 1. The summed E-state index contributed by atoms with van der Waals surface area (Å²) in [5.74, 6) is 0.819. The fourth-order valence-electron chi connectivity index (χ4n) is 6.44. The fourth-order valence-corrected chi connectivity index (χ4v) is 9.21. The van der Waals surface area contributed by atoms with Crippen LogP contribution in [-0.2, 0) is 20.1 Å². The number of carbonyl (C=O) groups is 1. The number of rotatable bonds is 7. The van der Waals surface area contributed by atoms with Crippen LogP contribution in [0, 0.1) is 5.92 Å². The van der Waals surface area contributed by atoms with Gasteiger partial charge in [0.15, 0.2) is 16.6 Å². The number of nitrogens with zero attached hydrogens (tertiary/aromatic N) is 2. The highest BCUT2D eigenvalue weighted by Crippen LogP contribution is 2.55. The predicted octanol–water partition coefficient (Wildman–Crippen LogP) is 7.00. The van der Waals surface area contributed by atoms with Gasteiger partial charge in [-0.1, -0.05) is 58.8 Å². The summed E-state index contributed by atoms with van der Waals surface area (Å²) < 4.78 is 20.0. The van der Waals surface area contributed by atoms with Crippen molar-refractivity contribution in [2.45, 2.75) is 134 Å². The number of fused-ring (bicyclic) bond motifs is 1. The second kappa shape index (κ2) is 10.5. The molecule has 2 heterocycles. The van der Waals surface area contributed by atoms with Gasteiger partial charge in [-0.3, -0.25) is 4.79 Å². The van der Waals surface area contributed by atoms with Crippen molar-refractivity contribution < 1.29 is 23.6 Å². The van der Waals surface area contributed by atoms with E-state index in [-0.39, 0.29) is 51.4 Å². The lowest BCUT2D eigenvalue weighted by atomic mass is 9.65. The fraction of sp³-hybridized carbons (Fsp3) is 0.742. The number of ether oxygens (including phenoxy) is 1. The number of hydrogen-bond acceptors (Lipinski definition) is 6. The summed E-state index contributed by atoms with van der Waals surface area (Å²) >= 11 is 0. The molecule has 1 amide bonds. The molecule has 5 atom stereocenters. The Bertz CT molecular complexity index is 1120. The Balaban J connectivity index is 1.83. The third-order valence-corrected chi connectivity index (χ3v) is 19.8. The third kappa shape index (κ3) is 5.55. The molecule has 3 fully saturated rings. The monoisotopic (exact) mass is 588 g/mol. The summed E-state index contributed by atoms with van der Waals surface area (Å²) in [5, 5.41) is 13.5. The van der Waals surface area contributed by atoms with Crippen LogP contribution in [0.1, 0.15) is 72.8 Å². The number of amides is 1. The van der Waals surface area contributed by atoms with E-state index < -0.39 is 16.6 Å². The Kier molecular flexibility index (Phi) is 8.24. The summed E-state index contributed by atoms with van der Waals surface area (Å²) in [6, 6.07) is 7.95. The molecule has 1 N–H and O–H groups in total. The van der Waals surface area contributed by atoms with E-state index >= 15 is 0 Å². The van der Waals surface area contributed by atoms with Crippen LogP contribution < -0.4 is 4.74 Å². The van der Waals surface area contributed by atoms with E-state index in [0.717, 1.165) is 30.6 Å². The summed E-state index contributed by atoms with van der Waals surface area (Å²) in [6.45, 7) is 23.0. The topological polar surface area (TPSA) is 80.6 Å². The molecule has 3 aliphatic rings. The van der Waals surface area contributed by atoms with Crippen molar-refractivity contribution >= 4 is 28.3 Å². The van der Waals surface area contributed by atoms with Gasteiger partial charge in [0.2, 0.25) is 0 Å². The maximum Gasteiger partial charge on any atom is 0.272 e. The minimum atomic E-state index is -2.22. The summed E-state index contributed by atoms with van der Waals surface area (Å²) in [5.41, 5.74) is 1.05. The number of piperidine rings is 1. The molecule has 4 rings (SSSR count). The number of benzene rings is 1. The molecule has 1 saturated carbocycles. The SMILES string of the molecule is COc1ccc(C[C@H]2[C@@H](O[Si](C)(C)C(C)(C)C)[C@H]3C[C@@]4(CC[C@@H]3O[Si](C)(C)C(C)(C)C)C/C(=N/O)C(=O)N24)cc1. The van der Waals surface area contributed by atoms with Crippen LogP contribution in [0.2, 0.25) is 36.3 Å². The summed E-state index contributed by atoms with van der Waals surface area (Å²) in [7, 11) is -2.60. The first-order chi connectivity index (χ1) is 18.4. The van der Waals surface area contributed by atoms with Crippen LogP contribution >= 0.6 is 0 Å². The number of methoxy groups -OCH3 is 1. The highest BCUT2D eigenvalue weighted by Gasteiger charge is 2.64. The molecule has 1 aromatic carbocycles. The van der Waals surface area contributed by atoms with E-state index in [4.69, 9.17) is 13.6 Å². The molecule has 40 heavy (non-hydrogen) atoms. The molecule has 1 aromatic rings. The molecule has 1 aliphatic carbocycles. The maximum atomic E-state index is 13.9. The third-order valence-electron chi connectivity index (χ3n) is 10.8. The molecule has 0 unspecified atom stereocenters. The van der Waals surface area contributed by atoms with Gasteiger partial charge >= 0.3 is 0 Å². The van der Waals surface area contributed by atoms with E-state index in [0.29, 0.717) is 12.8 Å². The predicted molar refractivity (Wildman–Crippen MR) is 165 cm³/mol. The zero-order valence-electron chi connectivity index (χ0n) is 26.6. The average molecular weight is 589 g/mol. The minimum absolute atomic E-state index is 0.0172. The zero-order chi connectivity index (χ0) is 29.9. The number of oxime groups is 1. The van der Waals surface area contributed by atoms with Gasteiger partial charge in [-0.25, -0.2) is 0 Å². The molecule has 0 radical (unpaired) electrons. The highest BCUT2D eigenvalue weighted by atomic mass is 28.4. The first-order valence-electron chi connectivity index (χ1n) is 14.9. The minimum Gasteiger partial charge on any atom is -0.497 e. The zero-order valence-corrected chi connectivity index (χ0v) is 28.6. The quantitative estimate of drug-likeness (QED) is 0.211. The smallest absolute Gasteiger partial charge is 0.272 e. The van der Waals surface area contributed by atoms with Gasteiger partial charge in [0.05, 0.1) is 30.9 Å². The van der Waals surface area contributed by atoms with E-state index in [2.05, 4.69) is 89.9 Å². The molecule has 2 bridgehead atoms. The van der Waals surface area contributed by atoms with Crippen molar-refractivity contribution in [1.82, 2.24) is 4.90 Å². The van der Waals surface area contributed by atoms with Gasteiger partial charge in [0.25, 0.3) is 5.91 Å². The summed E-state index contributed by atoms with van der Waals surface area (Å²) in [6.07, 6.45) is 3.60. The molecular formula is C31H52N2O5Si2. The Morgan fingerprint density at radius 3 is 2.10 bits per heavy atom. The van der Waals surface area contributed by atoms with Gasteiger partial charge in [-0.05, 0) is 79.6 Å². The van der Waals surface area contributed by atoms with Crippen LogP contribution in [0.15, 0.2) is 29.4 Å². The van der Waals surface area contributed by atoms with Gasteiger partial charge < -0.3 is 23.7 Å². The lowest BCUT2D eigenvalue weighted by Gasteiger charge is -2.60. The van der Waals surface area contributed by atoms with Crippen molar-refractivity contribution in [3.05, 3.63) is 29.8 Å². The largest absolute Gasteiger partial charge is 0.497 e. The van der Waals surface area contributed by atoms with Gasteiger partial charge in [-0.15, -0.1) is 0 Å². The van der Waals surface area contributed by atoms with E-state index in [1.165, 1.54) is 0 Å². The van der Waals surface area contributed by atoms with Crippen LogP contribution in [0.25, 0.3) is 0 Å². The molecule has 2 aliphatic heterocycles. The highest BCUT2D eigenvalue weighted by molar-refractivity contribution is 6.74. The first-order valence-corrected chi connectivity index (χ1v) is 20.7. The Morgan fingerprint density at radius 2 is 1.57 bits per heavy atom. The molecule has 7 nitrogen and oxygen atoms in total. The molecule has 9 heteroatoms. The molecule has 0 aromatic heterocycles. The van der Waals surface area contributed by atoms with E-state index in [1.807, 2.05) is 12.1 Å². The van der Waals surface area contributed by atoms with Crippen molar-refractivity contribution in [2.24, 2.45) is 11.1 Å². The van der Waals surface area contributed by atoms with Crippen molar-refractivity contribution in [3.8, 4) is 5.75 Å². The first kappa shape index (κ1) is 31.3. The Labute approximate surface area is 243 Å². The normalized spacial score (nSPS) is 30.5. The van der Waals surface area contributed by atoms with Crippen LogP contribution in [0.4, 0.5) is 0 Å². The van der Waals surface area contributed by atoms with E-state index in [9.17, 15) is 10.0 Å². The van der Waals surface area contributed by atoms with Gasteiger partial charge in [0.1, 0.15) is 11.5 Å². The Morgan fingerprint density at radius 1 is 1.00 bits per heavy atom. The van der Waals surface area contributed by atoms with Crippen LogP contribution in [0.5, 0.6) is 5.75 Å². The van der Waals surface area contributed by atoms with Crippen LogP contribution in [0.3, 0.4) is 0 Å². The lowest BCUT2D eigenvalue weighted by Crippen LogP contribution is -2.70. The van der Waals surface area contributed by atoms with Crippen LogP contribution in [-0.4, -0.2) is 69.3 Å². The maximum absolute atomic E-state index is 13.9. The molecule has 1 spiro atoms. The average Bonchev–Trinajstić information content (AvgIpc) is 3.12. The van der Waals surface area contributed by atoms with E-state index in [1.54, 1.807) is 7.11 Å². The molecule has 224 valence electrons. The van der Waals surface area contributed by atoms with Crippen molar-refractivity contribution in [2.75, 3.05) is 7.11 Å². The van der Waals surface area contributed by atoms with Crippen molar-refractivity contribution in [1.29, 1.82) is 0 Å². The molecular weight excluding hydrogens is 537 g/mol. The van der Waals surface area contributed by atoms with Crippen molar-refractivity contribution in [3.63, 3.8) is 0 Å². The Hall–Kier alpha value is -1.69. The van der Waals surface area contributed by atoms with Gasteiger partial charge in [-0.2, -0.15) is 0 Å². The second-order valence-electron chi connectivity index (χ2n) is 15.4. The number of carbonyl (C=O) groups excluding carboxylic acids is 1. The summed E-state index contributed by atoms with van der Waals surface area (Å²) in [4.78, 5) is 15.9. The second-order valence-corrected chi connectivity index (χ2v) is 24.9. The lowest BCUT2D eigenvalue weighted by molar-refractivity contribution is -0.162. The molecule has 2 saturated heterocycles. The van der Waals surface area contributed by atoms with Gasteiger partial charge in [0, 0.05) is 12.3 Å². The standard InChI is InChI=1S/C31H52N2O5Si2/c1-29(2,3)39(8,9)37-26-16-17-31-19-23(26)27(38-40(10,11)30(4,5)6)25(33(31)28(34)24(20-31)32-35)18-21-12-14-22(36-7)15-13-21/h12-15,23,25-27,35H,16-20H2,1-11H3/b32-24-/t23-,25-,26-,27-,31-/m0/s1.